The molecule has 1 saturated carbocycles. The van der Waals surface area contributed by atoms with Crippen molar-refractivity contribution in [2.24, 2.45) is 17.8 Å². The summed E-state index contributed by atoms with van der Waals surface area (Å²) in [7, 11) is 0. The van der Waals surface area contributed by atoms with E-state index < -0.39 is 18.0 Å². The summed E-state index contributed by atoms with van der Waals surface area (Å²) in [6.07, 6.45) is 2.78. The number of hydroxylamine groups is 2. The molecule has 3 atom stereocenters. The highest BCUT2D eigenvalue weighted by molar-refractivity contribution is 6.01. The first-order valence-corrected chi connectivity index (χ1v) is 7.49. The Morgan fingerprint density at radius 1 is 1.09 bits per heavy atom. The zero-order chi connectivity index (χ0) is 15.5. The summed E-state index contributed by atoms with van der Waals surface area (Å²) in [6, 6.07) is 0. The summed E-state index contributed by atoms with van der Waals surface area (Å²) in [6.45, 7) is 0.298. The van der Waals surface area contributed by atoms with Crippen molar-refractivity contribution >= 4 is 18.0 Å². The maximum absolute atomic E-state index is 11.4. The number of carbonyl (C=O) groups is 3. The Balaban J connectivity index is 1.36. The summed E-state index contributed by atoms with van der Waals surface area (Å²) in [5.41, 5.74) is 0. The number of hydrogen-bond acceptors (Lipinski definition) is 6. The summed E-state index contributed by atoms with van der Waals surface area (Å²) in [5, 5.41) is 0.425. The molecule has 2 fully saturated rings. The van der Waals surface area contributed by atoms with Crippen molar-refractivity contribution in [2.75, 3.05) is 6.61 Å². The van der Waals surface area contributed by atoms with E-state index in [1.54, 1.807) is 0 Å². The molecule has 1 unspecified atom stereocenters. The van der Waals surface area contributed by atoms with E-state index in [0.29, 0.717) is 29.4 Å². The van der Waals surface area contributed by atoms with Crippen LogP contribution in [0, 0.1) is 29.6 Å². The van der Waals surface area contributed by atoms with Gasteiger partial charge >= 0.3 is 6.16 Å². The number of nitrogens with zero attached hydrogens (tertiary/aromatic N) is 1. The Kier molecular flexibility index (Phi) is 4.29. The molecule has 7 heteroatoms. The molecule has 0 N–H and O–H groups in total. The third-order valence-electron chi connectivity index (χ3n) is 4.40. The van der Waals surface area contributed by atoms with E-state index in [-0.39, 0.29) is 12.8 Å². The minimum atomic E-state index is -1.20. The first-order chi connectivity index (χ1) is 10.7. The molecular weight excluding hydrogens is 290 g/mol. The number of amides is 2. The predicted octanol–water partition coefficient (Wildman–Crippen LogP) is 1.57. The van der Waals surface area contributed by atoms with Crippen molar-refractivity contribution in [3.05, 3.63) is 0 Å². The van der Waals surface area contributed by atoms with Gasteiger partial charge in [-0.3, -0.25) is 19.3 Å². The highest BCUT2D eigenvalue weighted by Crippen LogP contribution is 2.52. The van der Waals surface area contributed by atoms with Crippen LogP contribution in [0.1, 0.15) is 38.5 Å². The van der Waals surface area contributed by atoms with E-state index in [1.165, 1.54) is 0 Å². The van der Waals surface area contributed by atoms with Gasteiger partial charge in [0, 0.05) is 25.7 Å². The molecule has 22 heavy (non-hydrogen) atoms. The Morgan fingerprint density at radius 2 is 1.68 bits per heavy atom. The van der Waals surface area contributed by atoms with E-state index in [2.05, 4.69) is 21.6 Å². The third kappa shape index (κ3) is 3.22. The van der Waals surface area contributed by atoms with Crippen molar-refractivity contribution in [1.29, 1.82) is 0 Å². The zero-order valence-corrected chi connectivity index (χ0v) is 12.1. The molecule has 3 rings (SSSR count). The SMILES string of the molecule is O=C(OOCC1[C@H]2CCC#CCC[C@@H]12)ON1C(=O)CCC1=O. The van der Waals surface area contributed by atoms with Gasteiger partial charge in [0.15, 0.2) is 0 Å². The Hall–Kier alpha value is -2.07. The number of hydrogen-bond donors (Lipinski definition) is 0. The second-order valence-electron chi connectivity index (χ2n) is 5.71. The molecule has 0 aromatic heterocycles. The smallest absolute Gasteiger partial charge is 0.293 e. The lowest BCUT2D eigenvalue weighted by Gasteiger charge is -2.11. The van der Waals surface area contributed by atoms with Gasteiger partial charge in [-0.25, -0.2) is 0 Å². The number of fused-ring (bicyclic) bond motifs is 1. The predicted molar refractivity (Wildman–Crippen MR) is 71.3 cm³/mol. The highest BCUT2D eigenvalue weighted by Gasteiger charge is 2.49. The van der Waals surface area contributed by atoms with Crippen LogP contribution in [-0.2, 0) is 24.2 Å². The van der Waals surface area contributed by atoms with Crippen LogP contribution in [0.2, 0.25) is 0 Å². The fraction of sp³-hybridized carbons (Fsp3) is 0.667. The van der Waals surface area contributed by atoms with E-state index >= 15 is 0 Å². The van der Waals surface area contributed by atoms with Crippen LogP contribution in [0.5, 0.6) is 0 Å². The summed E-state index contributed by atoms with van der Waals surface area (Å²) in [4.78, 5) is 47.8. The average molecular weight is 307 g/mol. The van der Waals surface area contributed by atoms with E-state index in [4.69, 9.17) is 4.89 Å². The second kappa shape index (κ2) is 6.36. The fourth-order valence-corrected chi connectivity index (χ4v) is 3.19. The summed E-state index contributed by atoms with van der Waals surface area (Å²) < 4.78 is 0. The van der Waals surface area contributed by atoms with Gasteiger partial charge in [0.25, 0.3) is 11.8 Å². The number of carbonyl (C=O) groups excluding carboxylic acids is 3. The Bertz CT molecular complexity index is 514. The molecule has 0 bridgehead atoms. The highest BCUT2D eigenvalue weighted by atomic mass is 17.2. The lowest BCUT2D eigenvalue weighted by Crippen LogP contribution is -2.32. The van der Waals surface area contributed by atoms with E-state index in [0.717, 1.165) is 25.7 Å². The van der Waals surface area contributed by atoms with Gasteiger partial charge in [-0.1, -0.05) is 5.06 Å². The molecular formula is C15H17NO6. The van der Waals surface area contributed by atoms with E-state index in [1.807, 2.05) is 0 Å². The molecule has 2 aliphatic carbocycles. The van der Waals surface area contributed by atoms with Gasteiger partial charge in [0.05, 0.1) is 6.61 Å². The minimum Gasteiger partial charge on any atom is -0.293 e. The van der Waals surface area contributed by atoms with Crippen LogP contribution in [0.25, 0.3) is 0 Å². The van der Waals surface area contributed by atoms with Crippen LogP contribution in [-0.4, -0.2) is 29.6 Å². The molecule has 1 aliphatic heterocycles. The number of imide groups is 1. The van der Waals surface area contributed by atoms with Gasteiger partial charge in [-0.05, 0) is 30.6 Å². The van der Waals surface area contributed by atoms with Crippen LogP contribution in [0.4, 0.5) is 4.79 Å². The van der Waals surface area contributed by atoms with Crippen molar-refractivity contribution in [3.63, 3.8) is 0 Å². The first-order valence-electron chi connectivity index (χ1n) is 7.49. The van der Waals surface area contributed by atoms with Crippen LogP contribution in [0.3, 0.4) is 0 Å². The monoisotopic (exact) mass is 307 g/mol. The lowest BCUT2D eigenvalue weighted by atomic mass is 10.1. The molecule has 2 amide bonds. The maximum atomic E-state index is 11.4. The molecule has 0 aromatic rings. The van der Waals surface area contributed by atoms with Gasteiger partial charge < -0.3 is 0 Å². The standard InChI is InChI=1S/C15H17NO6/c17-13-7-8-14(18)16(13)21-15(19)22-20-9-12-10-5-3-1-2-4-6-11(10)12/h10-12H,3-9H2/t10-,11+,12?. The van der Waals surface area contributed by atoms with Crippen molar-refractivity contribution in [3.8, 4) is 11.8 Å². The molecule has 7 nitrogen and oxygen atoms in total. The Morgan fingerprint density at radius 3 is 2.27 bits per heavy atom. The van der Waals surface area contributed by atoms with Crippen LogP contribution in [0.15, 0.2) is 0 Å². The molecule has 1 heterocycles. The minimum absolute atomic E-state index is 0.0421. The normalized spacial score (nSPS) is 29.8. The van der Waals surface area contributed by atoms with Gasteiger partial charge in [0.1, 0.15) is 0 Å². The van der Waals surface area contributed by atoms with Crippen LogP contribution >= 0.6 is 0 Å². The zero-order valence-electron chi connectivity index (χ0n) is 12.1. The van der Waals surface area contributed by atoms with Crippen molar-refractivity contribution in [1.82, 2.24) is 5.06 Å². The van der Waals surface area contributed by atoms with Gasteiger partial charge in [-0.2, -0.15) is 9.68 Å². The molecule has 118 valence electrons. The molecule has 1 saturated heterocycles. The lowest BCUT2D eigenvalue weighted by molar-refractivity contribution is -0.274. The molecule has 0 radical (unpaired) electrons. The molecule has 0 spiro atoms. The van der Waals surface area contributed by atoms with Crippen LogP contribution < -0.4 is 0 Å². The first kappa shape index (κ1) is 14.9. The van der Waals surface area contributed by atoms with Gasteiger partial charge in [-0.15, -0.1) is 11.8 Å². The second-order valence-corrected chi connectivity index (χ2v) is 5.71. The van der Waals surface area contributed by atoms with E-state index in [9.17, 15) is 14.4 Å². The summed E-state index contributed by atoms with van der Waals surface area (Å²) in [5.74, 6) is 6.66. The topological polar surface area (TPSA) is 82.1 Å². The molecule has 0 aromatic carbocycles. The quantitative estimate of drug-likeness (QED) is 0.339. The molecule has 3 aliphatic rings. The maximum Gasteiger partial charge on any atom is 0.566 e. The fourth-order valence-electron chi connectivity index (χ4n) is 3.19. The van der Waals surface area contributed by atoms with Gasteiger partial charge in [0.2, 0.25) is 0 Å². The van der Waals surface area contributed by atoms with Crippen molar-refractivity contribution in [2.45, 2.75) is 38.5 Å². The third-order valence-corrected chi connectivity index (χ3v) is 4.40. The average Bonchev–Trinajstić information content (AvgIpc) is 3.00. The largest absolute Gasteiger partial charge is 0.566 e. The Labute approximate surface area is 127 Å². The van der Waals surface area contributed by atoms with Crippen molar-refractivity contribution < 1.29 is 29.0 Å². The summed E-state index contributed by atoms with van der Waals surface area (Å²) >= 11 is 0. The number of rotatable bonds is 4.